The quantitative estimate of drug-likeness (QED) is 0.134. The lowest BCUT2D eigenvalue weighted by molar-refractivity contribution is 0.660. The zero-order chi connectivity index (χ0) is 50.5. The zero-order valence-corrected chi connectivity index (χ0v) is 42.3. The van der Waals surface area contributed by atoms with Crippen LogP contribution in [0.4, 0.5) is 34.1 Å². The molecule has 15 rings (SSSR count). The molecule has 0 saturated heterocycles. The van der Waals surface area contributed by atoms with Gasteiger partial charge in [0.2, 0.25) is 0 Å². The predicted molar refractivity (Wildman–Crippen MR) is 322 cm³/mol. The fourth-order valence-electron chi connectivity index (χ4n) is 12.6. The van der Waals surface area contributed by atoms with Crippen LogP contribution in [0, 0.1) is 0 Å². The van der Waals surface area contributed by atoms with E-state index in [-0.39, 0.29) is 5.41 Å². The molecule has 0 fully saturated rings. The van der Waals surface area contributed by atoms with E-state index in [1.807, 2.05) is 0 Å². The van der Waals surface area contributed by atoms with Gasteiger partial charge in [-0.15, -0.1) is 0 Å². The molecule has 3 nitrogen and oxygen atoms in total. The first-order valence-corrected chi connectivity index (χ1v) is 26.4. The number of para-hydroxylation sites is 3. The molecular weight excluding hydrogens is 919 g/mol. The number of nitrogens with zero attached hydrogens (tertiary/aromatic N) is 3. The summed E-state index contributed by atoms with van der Waals surface area (Å²) in [4.78, 5) is 4.73. The molecule has 0 aliphatic heterocycles. The molecular formula is C73H51N3. The van der Waals surface area contributed by atoms with E-state index in [0.29, 0.717) is 0 Å². The summed E-state index contributed by atoms with van der Waals surface area (Å²) in [6.45, 7) is 4.80. The van der Waals surface area contributed by atoms with Crippen LogP contribution in [0.5, 0.6) is 0 Å². The van der Waals surface area contributed by atoms with Crippen molar-refractivity contribution in [1.29, 1.82) is 0 Å². The average molecular weight is 970 g/mol. The highest BCUT2D eigenvalue weighted by Crippen LogP contribution is 2.53. The molecule has 3 heteroatoms. The summed E-state index contributed by atoms with van der Waals surface area (Å²) in [5.74, 6) is 0. The average Bonchev–Trinajstić information content (AvgIpc) is 3.96. The first-order valence-electron chi connectivity index (χ1n) is 26.4. The zero-order valence-electron chi connectivity index (χ0n) is 42.3. The van der Waals surface area contributed by atoms with Crippen LogP contribution in [0.15, 0.2) is 273 Å². The molecule has 1 heterocycles. The lowest BCUT2D eigenvalue weighted by atomic mass is 9.81. The molecule has 1 aliphatic carbocycles. The van der Waals surface area contributed by atoms with Crippen molar-refractivity contribution in [3.05, 3.63) is 284 Å². The van der Waals surface area contributed by atoms with Crippen LogP contribution in [-0.2, 0) is 5.41 Å². The second-order valence-corrected chi connectivity index (χ2v) is 20.9. The minimum Gasteiger partial charge on any atom is -0.311 e. The standard InChI is InChI=1S/C73H51N3/c1-73(2)66-45-53(52-32-43-68-65(44-52)72-64-41-30-51-19-15-18-50-26-27-54(71(64)70(50)51)46-69(72)76(68)57-24-13-6-14-25-57)31-40-62(66)63-42-39-61(47-67(63)73)75(58-33-28-49(29-34-58)48-16-7-3-8-17-48)60-37-35-59(36-38-60)74(55-20-9-4-10-21-55)56-22-11-5-12-23-56/h3-47H,1-2H3. The molecule has 76 heavy (non-hydrogen) atoms. The van der Waals surface area contributed by atoms with Gasteiger partial charge in [-0.1, -0.05) is 178 Å². The third kappa shape index (κ3) is 6.90. The Labute approximate surface area is 442 Å². The number of hydrogen-bond acceptors (Lipinski definition) is 2. The summed E-state index contributed by atoms with van der Waals surface area (Å²) < 4.78 is 2.46. The Morgan fingerprint density at radius 3 is 1.42 bits per heavy atom. The molecule has 1 aromatic heterocycles. The van der Waals surface area contributed by atoms with Gasteiger partial charge in [-0.3, -0.25) is 0 Å². The molecule has 0 bridgehead atoms. The maximum atomic E-state index is 2.47. The van der Waals surface area contributed by atoms with Crippen molar-refractivity contribution in [2.75, 3.05) is 9.80 Å². The lowest BCUT2D eigenvalue weighted by Gasteiger charge is -2.29. The topological polar surface area (TPSA) is 11.4 Å². The van der Waals surface area contributed by atoms with E-state index in [1.165, 1.54) is 98.6 Å². The first kappa shape index (κ1) is 43.8. The van der Waals surface area contributed by atoms with E-state index in [1.54, 1.807) is 0 Å². The van der Waals surface area contributed by atoms with E-state index in [9.17, 15) is 0 Å². The molecule has 14 aromatic rings. The molecule has 358 valence electrons. The van der Waals surface area contributed by atoms with Crippen molar-refractivity contribution in [3.8, 4) is 39.1 Å². The van der Waals surface area contributed by atoms with Gasteiger partial charge in [-0.2, -0.15) is 0 Å². The van der Waals surface area contributed by atoms with Gasteiger partial charge in [-0.05, 0) is 186 Å². The van der Waals surface area contributed by atoms with Crippen LogP contribution in [-0.4, -0.2) is 4.57 Å². The van der Waals surface area contributed by atoms with Gasteiger partial charge in [0.05, 0.1) is 11.0 Å². The summed E-state index contributed by atoms with van der Waals surface area (Å²) >= 11 is 0. The number of rotatable bonds is 9. The van der Waals surface area contributed by atoms with E-state index in [0.717, 1.165) is 39.8 Å². The summed E-state index contributed by atoms with van der Waals surface area (Å²) in [6.07, 6.45) is 0. The molecule has 0 unspecified atom stereocenters. The highest BCUT2D eigenvalue weighted by atomic mass is 15.2. The number of aromatic nitrogens is 1. The van der Waals surface area contributed by atoms with Crippen LogP contribution >= 0.6 is 0 Å². The van der Waals surface area contributed by atoms with Crippen LogP contribution in [0.3, 0.4) is 0 Å². The molecule has 1 aliphatic rings. The van der Waals surface area contributed by atoms with E-state index < -0.39 is 0 Å². The monoisotopic (exact) mass is 969 g/mol. The Balaban J connectivity index is 0.838. The smallest absolute Gasteiger partial charge is 0.0553 e. The van der Waals surface area contributed by atoms with Crippen LogP contribution in [0.25, 0.3) is 93.2 Å². The molecule has 0 N–H and O–H groups in total. The van der Waals surface area contributed by atoms with Crippen LogP contribution in [0.1, 0.15) is 25.0 Å². The van der Waals surface area contributed by atoms with E-state index in [2.05, 4.69) is 301 Å². The summed E-state index contributed by atoms with van der Waals surface area (Å²) in [6, 6.07) is 101. The Kier molecular flexibility index (Phi) is 9.92. The molecule has 0 radical (unpaired) electrons. The van der Waals surface area contributed by atoms with E-state index >= 15 is 0 Å². The third-order valence-electron chi connectivity index (χ3n) is 16.3. The maximum Gasteiger partial charge on any atom is 0.0553 e. The van der Waals surface area contributed by atoms with Crippen molar-refractivity contribution >= 4 is 88.2 Å². The molecule has 0 amide bonds. The summed E-state index contributed by atoms with van der Waals surface area (Å²) in [5.41, 5.74) is 20.0. The lowest BCUT2D eigenvalue weighted by Crippen LogP contribution is -2.17. The van der Waals surface area contributed by atoms with Crippen molar-refractivity contribution in [1.82, 2.24) is 4.57 Å². The second-order valence-electron chi connectivity index (χ2n) is 20.9. The maximum absolute atomic E-state index is 2.47. The van der Waals surface area contributed by atoms with Gasteiger partial charge < -0.3 is 14.4 Å². The number of benzene rings is 13. The Morgan fingerprint density at radius 2 is 0.763 bits per heavy atom. The minimum absolute atomic E-state index is 0.269. The largest absolute Gasteiger partial charge is 0.311 e. The predicted octanol–water partition coefficient (Wildman–Crippen LogP) is 20.3. The van der Waals surface area contributed by atoms with Gasteiger partial charge in [0.25, 0.3) is 0 Å². The van der Waals surface area contributed by atoms with Gasteiger partial charge in [0.1, 0.15) is 0 Å². The Hall–Kier alpha value is -9.70. The number of hydrogen-bond donors (Lipinski definition) is 0. The molecule has 0 saturated carbocycles. The van der Waals surface area contributed by atoms with Gasteiger partial charge >= 0.3 is 0 Å². The highest BCUT2D eigenvalue weighted by Gasteiger charge is 2.36. The van der Waals surface area contributed by atoms with Crippen molar-refractivity contribution in [3.63, 3.8) is 0 Å². The molecule has 13 aromatic carbocycles. The van der Waals surface area contributed by atoms with Gasteiger partial charge in [0.15, 0.2) is 0 Å². The van der Waals surface area contributed by atoms with Crippen molar-refractivity contribution in [2.24, 2.45) is 0 Å². The normalized spacial score (nSPS) is 12.7. The van der Waals surface area contributed by atoms with Crippen LogP contribution < -0.4 is 9.80 Å². The Morgan fingerprint density at radius 1 is 0.289 bits per heavy atom. The third-order valence-corrected chi connectivity index (χ3v) is 16.3. The SMILES string of the molecule is CC1(C)c2cc(-c3ccc4c(c3)c3c5ccc6cccc7ccc(cc3n4-c3ccccc3)c5c76)ccc2-c2ccc(N(c3ccc(-c4ccccc4)cc3)c3ccc(N(c4ccccc4)c4ccccc4)cc3)cc21. The van der Waals surface area contributed by atoms with Crippen molar-refractivity contribution in [2.45, 2.75) is 19.3 Å². The Bertz CT molecular complexity index is 4450. The van der Waals surface area contributed by atoms with E-state index in [4.69, 9.17) is 0 Å². The van der Waals surface area contributed by atoms with Crippen LogP contribution in [0.2, 0.25) is 0 Å². The van der Waals surface area contributed by atoms with Crippen molar-refractivity contribution < 1.29 is 0 Å². The second kappa shape index (κ2) is 17.2. The molecule has 0 atom stereocenters. The molecule has 0 spiro atoms. The number of fused-ring (bicyclic) bond motifs is 7. The first-order chi connectivity index (χ1) is 37.4. The fraction of sp³-hybridized carbons (Fsp3) is 0.0411. The minimum atomic E-state index is -0.269. The highest BCUT2D eigenvalue weighted by molar-refractivity contribution is 6.33. The van der Waals surface area contributed by atoms with Gasteiger partial charge in [-0.25, -0.2) is 0 Å². The fourth-order valence-corrected chi connectivity index (χ4v) is 12.6. The summed E-state index contributed by atoms with van der Waals surface area (Å²) in [7, 11) is 0. The summed E-state index contributed by atoms with van der Waals surface area (Å²) in [5, 5.41) is 10.4. The van der Waals surface area contributed by atoms with Gasteiger partial charge in [0, 0.05) is 56.0 Å². The number of anilines is 6.